The van der Waals surface area contributed by atoms with Crippen LogP contribution in [0.1, 0.15) is 30.6 Å². The number of nitrogens with two attached hydrogens (primary N) is 1. The van der Waals surface area contributed by atoms with Gasteiger partial charge in [-0.2, -0.15) is 0 Å². The molecular formula is C14H22N2O3. The first kappa shape index (κ1) is 15.3. The van der Waals surface area contributed by atoms with Gasteiger partial charge in [-0.15, -0.1) is 0 Å². The Morgan fingerprint density at radius 3 is 2.53 bits per heavy atom. The summed E-state index contributed by atoms with van der Waals surface area (Å²) in [4.78, 5) is 12.2. The number of methoxy groups -OCH3 is 2. The average Bonchev–Trinajstić information content (AvgIpc) is 2.37. The first-order valence-corrected chi connectivity index (χ1v) is 6.18. The van der Waals surface area contributed by atoms with Crippen molar-refractivity contribution in [1.82, 2.24) is 5.32 Å². The Kier molecular flexibility index (Phi) is 5.18. The van der Waals surface area contributed by atoms with Crippen molar-refractivity contribution in [3.05, 3.63) is 23.8 Å². The van der Waals surface area contributed by atoms with Crippen molar-refractivity contribution >= 4 is 5.91 Å². The molecule has 1 rings (SSSR count). The Morgan fingerprint density at radius 2 is 2.00 bits per heavy atom. The topological polar surface area (TPSA) is 73.6 Å². The zero-order valence-corrected chi connectivity index (χ0v) is 11.9. The lowest BCUT2D eigenvalue weighted by atomic mass is 10.00. The molecule has 0 saturated carbocycles. The molecule has 0 aliphatic carbocycles. The largest absolute Gasteiger partial charge is 0.497 e. The Morgan fingerprint density at radius 1 is 1.32 bits per heavy atom. The summed E-state index contributed by atoms with van der Waals surface area (Å²) in [5.74, 6) is 0.952. The van der Waals surface area contributed by atoms with Crippen molar-refractivity contribution in [3.8, 4) is 11.5 Å². The van der Waals surface area contributed by atoms with E-state index in [0.717, 1.165) is 0 Å². The highest BCUT2D eigenvalue weighted by molar-refractivity contribution is 5.97. The normalized spacial score (nSPS) is 11.0. The highest BCUT2D eigenvalue weighted by Gasteiger charge is 2.22. The van der Waals surface area contributed by atoms with E-state index in [1.807, 2.05) is 13.8 Å². The standard InChI is InChI=1S/C14H22N2O3/c1-14(2,7-8-15)16-13(17)11-6-5-10(18-3)9-12(11)19-4/h5-6,9H,7-8,15H2,1-4H3,(H,16,17). The Balaban J connectivity index is 2.93. The van der Waals surface area contributed by atoms with Crippen LogP contribution in [0.3, 0.4) is 0 Å². The van der Waals surface area contributed by atoms with E-state index in [1.165, 1.54) is 7.11 Å². The molecule has 0 aliphatic rings. The quantitative estimate of drug-likeness (QED) is 0.819. The van der Waals surface area contributed by atoms with Gasteiger partial charge < -0.3 is 20.5 Å². The predicted octanol–water partition coefficient (Wildman–Crippen LogP) is 1.56. The molecule has 0 aliphatic heterocycles. The lowest BCUT2D eigenvalue weighted by Crippen LogP contribution is -2.44. The van der Waals surface area contributed by atoms with Gasteiger partial charge in [0.05, 0.1) is 19.8 Å². The smallest absolute Gasteiger partial charge is 0.255 e. The van der Waals surface area contributed by atoms with Gasteiger partial charge in [0.2, 0.25) is 0 Å². The van der Waals surface area contributed by atoms with Gasteiger partial charge in [-0.3, -0.25) is 4.79 Å². The summed E-state index contributed by atoms with van der Waals surface area (Å²) in [6.45, 7) is 4.40. The molecule has 0 aromatic heterocycles. The van der Waals surface area contributed by atoms with Crippen LogP contribution in [0.2, 0.25) is 0 Å². The number of hydrogen-bond acceptors (Lipinski definition) is 4. The van der Waals surface area contributed by atoms with Crippen LogP contribution in [0.25, 0.3) is 0 Å². The third kappa shape index (κ3) is 4.13. The lowest BCUT2D eigenvalue weighted by molar-refractivity contribution is 0.0907. The number of amides is 1. The maximum atomic E-state index is 12.2. The summed E-state index contributed by atoms with van der Waals surface area (Å²) in [5, 5.41) is 2.95. The number of nitrogens with one attached hydrogen (secondary N) is 1. The second-order valence-electron chi connectivity index (χ2n) is 4.94. The molecule has 3 N–H and O–H groups in total. The molecule has 0 saturated heterocycles. The summed E-state index contributed by atoms with van der Waals surface area (Å²) in [6.07, 6.45) is 0.706. The van der Waals surface area contributed by atoms with Crippen LogP contribution in [0, 0.1) is 0 Å². The minimum absolute atomic E-state index is 0.182. The maximum Gasteiger partial charge on any atom is 0.255 e. The second-order valence-corrected chi connectivity index (χ2v) is 4.94. The molecule has 5 heteroatoms. The first-order valence-electron chi connectivity index (χ1n) is 6.18. The van der Waals surface area contributed by atoms with Gasteiger partial charge in [-0.25, -0.2) is 0 Å². The van der Waals surface area contributed by atoms with Crippen LogP contribution in [0.4, 0.5) is 0 Å². The molecule has 0 heterocycles. The minimum Gasteiger partial charge on any atom is -0.497 e. The van der Waals surface area contributed by atoms with E-state index in [9.17, 15) is 4.79 Å². The lowest BCUT2D eigenvalue weighted by Gasteiger charge is -2.26. The number of carbonyl (C=O) groups excluding carboxylic acids is 1. The Labute approximate surface area is 114 Å². The molecule has 1 amide bonds. The van der Waals surface area contributed by atoms with E-state index in [2.05, 4.69) is 5.32 Å². The fraction of sp³-hybridized carbons (Fsp3) is 0.500. The molecule has 1 aromatic carbocycles. The predicted molar refractivity (Wildman–Crippen MR) is 74.8 cm³/mol. The van der Waals surface area contributed by atoms with Gasteiger partial charge in [0.1, 0.15) is 11.5 Å². The minimum atomic E-state index is -0.350. The van der Waals surface area contributed by atoms with Crippen molar-refractivity contribution in [2.24, 2.45) is 5.73 Å². The van der Waals surface area contributed by atoms with Crippen molar-refractivity contribution in [1.29, 1.82) is 0 Å². The maximum absolute atomic E-state index is 12.2. The average molecular weight is 266 g/mol. The van der Waals surface area contributed by atoms with Crippen molar-refractivity contribution in [2.75, 3.05) is 20.8 Å². The third-order valence-corrected chi connectivity index (χ3v) is 2.87. The summed E-state index contributed by atoms with van der Waals surface area (Å²) < 4.78 is 10.3. The van der Waals surface area contributed by atoms with E-state index in [1.54, 1.807) is 25.3 Å². The van der Waals surface area contributed by atoms with Gasteiger partial charge in [0, 0.05) is 11.6 Å². The van der Waals surface area contributed by atoms with Gasteiger partial charge in [0.25, 0.3) is 5.91 Å². The Bertz CT molecular complexity index is 444. The molecule has 0 radical (unpaired) electrons. The molecule has 0 spiro atoms. The first-order chi connectivity index (χ1) is 8.93. The Hall–Kier alpha value is -1.75. The SMILES string of the molecule is COc1ccc(C(=O)NC(C)(C)CCN)c(OC)c1. The molecule has 0 atom stereocenters. The van der Waals surface area contributed by atoms with Crippen LogP contribution in [0.15, 0.2) is 18.2 Å². The van der Waals surface area contributed by atoms with E-state index in [-0.39, 0.29) is 11.4 Å². The highest BCUT2D eigenvalue weighted by atomic mass is 16.5. The van der Waals surface area contributed by atoms with Crippen LogP contribution in [-0.4, -0.2) is 32.2 Å². The van der Waals surface area contributed by atoms with Gasteiger partial charge in [-0.05, 0) is 38.9 Å². The monoisotopic (exact) mass is 266 g/mol. The summed E-state index contributed by atoms with van der Waals surface area (Å²) in [6, 6.07) is 5.10. The zero-order valence-electron chi connectivity index (χ0n) is 11.9. The highest BCUT2D eigenvalue weighted by Crippen LogP contribution is 2.25. The van der Waals surface area contributed by atoms with E-state index in [0.29, 0.717) is 30.0 Å². The summed E-state index contributed by atoms with van der Waals surface area (Å²) in [5.41, 5.74) is 5.66. The van der Waals surface area contributed by atoms with Crippen LogP contribution < -0.4 is 20.5 Å². The molecular weight excluding hydrogens is 244 g/mol. The molecule has 0 bridgehead atoms. The zero-order chi connectivity index (χ0) is 14.5. The van der Waals surface area contributed by atoms with Gasteiger partial charge in [-0.1, -0.05) is 0 Å². The van der Waals surface area contributed by atoms with Gasteiger partial charge in [0.15, 0.2) is 0 Å². The van der Waals surface area contributed by atoms with E-state index in [4.69, 9.17) is 15.2 Å². The molecule has 19 heavy (non-hydrogen) atoms. The van der Waals surface area contributed by atoms with Crippen LogP contribution >= 0.6 is 0 Å². The number of rotatable bonds is 6. The molecule has 1 aromatic rings. The third-order valence-electron chi connectivity index (χ3n) is 2.87. The molecule has 0 unspecified atom stereocenters. The fourth-order valence-corrected chi connectivity index (χ4v) is 1.78. The van der Waals surface area contributed by atoms with E-state index >= 15 is 0 Å². The fourth-order valence-electron chi connectivity index (χ4n) is 1.78. The number of ether oxygens (including phenoxy) is 2. The van der Waals surface area contributed by atoms with Crippen LogP contribution in [0.5, 0.6) is 11.5 Å². The van der Waals surface area contributed by atoms with Crippen molar-refractivity contribution < 1.29 is 14.3 Å². The van der Waals surface area contributed by atoms with Crippen molar-refractivity contribution in [2.45, 2.75) is 25.8 Å². The van der Waals surface area contributed by atoms with Gasteiger partial charge >= 0.3 is 0 Å². The number of carbonyl (C=O) groups is 1. The van der Waals surface area contributed by atoms with E-state index < -0.39 is 0 Å². The second kappa shape index (κ2) is 6.43. The number of hydrogen-bond donors (Lipinski definition) is 2. The molecule has 106 valence electrons. The molecule has 0 fully saturated rings. The van der Waals surface area contributed by atoms with Crippen molar-refractivity contribution in [3.63, 3.8) is 0 Å². The summed E-state index contributed by atoms with van der Waals surface area (Å²) >= 11 is 0. The number of benzene rings is 1. The van der Waals surface area contributed by atoms with Crippen LogP contribution in [-0.2, 0) is 0 Å². The summed E-state index contributed by atoms with van der Waals surface area (Å²) in [7, 11) is 3.09. The molecule has 5 nitrogen and oxygen atoms in total.